The summed E-state index contributed by atoms with van der Waals surface area (Å²) in [5.74, 6) is -2.11. The number of carbonyl (C=O) groups excluding carboxylic acids is 1. The van der Waals surface area contributed by atoms with Crippen molar-refractivity contribution in [1.29, 1.82) is 0 Å². The number of aliphatic carboxylic acids is 1. The van der Waals surface area contributed by atoms with Gasteiger partial charge in [-0.05, 0) is 13.8 Å². The molecule has 0 spiro atoms. The predicted octanol–water partition coefficient (Wildman–Crippen LogP) is 0.662. The normalized spacial score (nSPS) is 14.6. The van der Waals surface area contributed by atoms with Crippen molar-refractivity contribution in [3.63, 3.8) is 0 Å². The molecule has 0 aromatic heterocycles. The van der Waals surface area contributed by atoms with E-state index in [4.69, 9.17) is 10.2 Å². The lowest BCUT2D eigenvalue weighted by Crippen LogP contribution is -2.50. The standard InChI is InChI=1S/C10H17F3N2O4/c1-6(8(17)18)7(2)14-9(19)15(3-4-16)5-10(11,12)13/h6-7,16H,3-5H2,1-2H3,(H,14,19)(H,17,18). The molecular formula is C10H17F3N2O4. The van der Waals surface area contributed by atoms with Gasteiger partial charge >= 0.3 is 18.2 Å². The minimum atomic E-state index is -4.59. The number of rotatable bonds is 6. The molecule has 0 rings (SSSR count). The van der Waals surface area contributed by atoms with E-state index in [0.717, 1.165) is 0 Å². The molecule has 9 heteroatoms. The minimum Gasteiger partial charge on any atom is -0.481 e. The number of carbonyl (C=O) groups is 2. The van der Waals surface area contributed by atoms with Gasteiger partial charge in [0, 0.05) is 12.6 Å². The van der Waals surface area contributed by atoms with Crippen molar-refractivity contribution < 1.29 is 33.0 Å². The predicted molar refractivity (Wildman–Crippen MR) is 59.5 cm³/mol. The molecule has 0 aromatic carbocycles. The number of carboxylic acids is 1. The molecule has 0 radical (unpaired) electrons. The lowest BCUT2D eigenvalue weighted by Gasteiger charge is -2.26. The summed E-state index contributed by atoms with van der Waals surface area (Å²) >= 11 is 0. The van der Waals surface area contributed by atoms with Crippen LogP contribution in [0.1, 0.15) is 13.8 Å². The van der Waals surface area contributed by atoms with Crippen LogP contribution < -0.4 is 5.32 Å². The van der Waals surface area contributed by atoms with E-state index in [2.05, 4.69) is 5.32 Å². The molecule has 0 saturated carbocycles. The second-order valence-corrected chi connectivity index (χ2v) is 4.13. The van der Waals surface area contributed by atoms with Crippen LogP contribution in [-0.4, -0.2) is 59.0 Å². The summed E-state index contributed by atoms with van der Waals surface area (Å²) < 4.78 is 36.6. The highest BCUT2D eigenvalue weighted by molar-refractivity contribution is 5.76. The van der Waals surface area contributed by atoms with Gasteiger partial charge in [0.2, 0.25) is 0 Å². The number of alkyl halides is 3. The van der Waals surface area contributed by atoms with Crippen LogP contribution >= 0.6 is 0 Å². The van der Waals surface area contributed by atoms with Crippen molar-refractivity contribution in [2.45, 2.75) is 26.1 Å². The van der Waals surface area contributed by atoms with Gasteiger partial charge in [0.1, 0.15) is 6.54 Å². The van der Waals surface area contributed by atoms with Crippen molar-refractivity contribution in [2.75, 3.05) is 19.7 Å². The van der Waals surface area contributed by atoms with Crippen molar-refractivity contribution in [2.24, 2.45) is 5.92 Å². The van der Waals surface area contributed by atoms with E-state index in [-0.39, 0.29) is 0 Å². The molecule has 0 saturated heterocycles. The van der Waals surface area contributed by atoms with Crippen molar-refractivity contribution in [3.8, 4) is 0 Å². The van der Waals surface area contributed by atoms with Gasteiger partial charge in [0.05, 0.1) is 12.5 Å². The van der Waals surface area contributed by atoms with Crippen LogP contribution in [0.25, 0.3) is 0 Å². The number of halogens is 3. The Morgan fingerprint density at radius 1 is 1.32 bits per heavy atom. The number of nitrogens with one attached hydrogen (secondary N) is 1. The number of amides is 2. The highest BCUT2D eigenvalue weighted by Crippen LogP contribution is 2.16. The fraction of sp³-hybridized carbons (Fsp3) is 0.800. The first-order chi connectivity index (χ1) is 8.58. The number of carboxylic acid groups (broad SMARTS) is 1. The molecule has 2 amide bonds. The third-order valence-electron chi connectivity index (χ3n) is 2.52. The van der Waals surface area contributed by atoms with E-state index >= 15 is 0 Å². The second-order valence-electron chi connectivity index (χ2n) is 4.13. The van der Waals surface area contributed by atoms with Crippen LogP contribution in [0, 0.1) is 5.92 Å². The fourth-order valence-corrected chi connectivity index (χ4v) is 1.21. The van der Waals surface area contributed by atoms with E-state index < -0.39 is 49.8 Å². The molecule has 0 aromatic rings. The molecule has 0 bridgehead atoms. The van der Waals surface area contributed by atoms with Crippen LogP contribution in [0.3, 0.4) is 0 Å². The molecule has 0 aliphatic heterocycles. The molecule has 6 nitrogen and oxygen atoms in total. The molecule has 3 N–H and O–H groups in total. The van der Waals surface area contributed by atoms with Gasteiger partial charge in [-0.15, -0.1) is 0 Å². The van der Waals surface area contributed by atoms with Gasteiger partial charge in [0.25, 0.3) is 0 Å². The zero-order chi connectivity index (χ0) is 15.2. The van der Waals surface area contributed by atoms with Gasteiger partial charge in [-0.1, -0.05) is 0 Å². The Bertz CT molecular complexity index is 322. The molecule has 19 heavy (non-hydrogen) atoms. The lowest BCUT2D eigenvalue weighted by atomic mass is 10.0. The molecule has 0 aliphatic carbocycles. The zero-order valence-electron chi connectivity index (χ0n) is 10.6. The van der Waals surface area contributed by atoms with Crippen LogP contribution in [0.5, 0.6) is 0 Å². The Morgan fingerprint density at radius 2 is 1.84 bits per heavy atom. The Kier molecular flexibility index (Phi) is 6.60. The number of hydrogen-bond donors (Lipinski definition) is 3. The van der Waals surface area contributed by atoms with Crippen LogP contribution in [0.4, 0.5) is 18.0 Å². The van der Waals surface area contributed by atoms with Crippen molar-refractivity contribution in [1.82, 2.24) is 10.2 Å². The Morgan fingerprint density at radius 3 is 2.21 bits per heavy atom. The van der Waals surface area contributed by atoms with E-state index in [0.29, 0.717) is 4.90 Å². The summed E-state index contributed by atoms with van der Waals surface area (Å²) in [7, 11) is 0. The summed E-state index contributed by atoms with van der Waals surface area (Å²) in [6.07, 6.45) is -4.59. The Balaban J connectivity index is 4.60. The molecular weight excluding hydrogens is 269 g/mol. The summed E-state index contributed by atoms with van der Waals surface area (Å²) in [6, 6.07) is -1.90. The second kappa shape index (κ2) is 7.17. The fourth-order valence-electron chi connectivity index (χ4n) is 1.21. The van der Waals surface area contributed by atoms with Crippen LogP contribution in [0.15, 0.2) is 0 Å². The van der Waals surface area contributed by atoms with Gasteiger partial charge in [0.15, 0.2) is 0 Å². The lowest BCUT2D eigenvalue weighted by molar-refractivity contribution is -0.143. The highest BCUT2D eigenvalue weighted by Gasteiger charge is 2.33. The van der Waals surface area contributed by atoms with Crippen LogP contribution in [-0.2, 0) is 4.79 Å². The summed E-state index contributed by atoms with van der Waals surface area (Å²) in [4.78, 5) is 22.6. The number of aliphatic hydroxyl groups is 1. The SMILES string of the molecule is CC(NC(=O)N(CCO)CC(F)(F)F)C(C)C(=O)O. The van der Waals surface area contributed by atoms with Crippen molar-refractivity contribution in [3.05, 3.63) is 0 Å². The average Bonchev–Trinajstić information content (AvgIpc) is 2.25. The Hall–Kier alpha value is -1.51. The number of hydrogen-bond acceptors (Lipinski definition) is 3. The first kappa shape index (κ1) is 17.5. The number of aliphatic hydroxyl groups excluding tert-OH is 1. The van der Waals surface area contributed by atoms with E-state index in [1.165, 1.54) is 13.8 Å². The third kappa shape index (κ3) is 6.85. The van der Waals surface area contributed by atoms with Gasteiger partial charge in [-0.2, -0.15) is 13.2 Å². The first-order valence-corrected chi connectivity index (χ1v) is 5.54. The quantitative estimate of drug-likeness (QED) is 0.669. The van der Waals surface area contributed by atoms with Crippen molar-refractivity contribution >= 4 is 12.0 Å². The number of nitrogens with zero attached hydrogens (tertiary/aromatic N) is 1. The molecule has 2 atom stereocenters. The largest absolute Gasteiger partial charge is 0.481 e. The summed E-state index contributed by atoms with van der Waals surface area (Å²) in [5.41, 5.74) is 0. The average molecular weight is 286 g/mol. The minimum absolute atomic E-state index is 0.380. The monoisotopic (exact) mass is 286 g/mol. The van der Waals surface area contributed by atoms with E-state index in [9.17, 15) is 22.8 Å². The smallest absolute Gasteiger partial charge is 0.406 e. The maximum absolute atomic E-state index is 12.2. The molecule has 0 fully saturated rings. The number of urea groups is 1. The summed E-state index contributed by atoms with van der Waals surface area (Å²) in [5, 5.41) is 19.5. The highest BCUT2D eigenvalue weighted by atomic mass is 19.4. The Labute approximate surface area is 108 Å². The van der Waals surface area contributed by atoms with Crippen LogP contribution in [0.2, 0.25) is 0 Å². The first-order valence-electron chi connectivity index (χ1n) is 5.54. The zero-order valence-corrected chi connectivity index (χ0v) is 10.6. The molecule has 2 unspecified atom stereocenters. The van der Waals surface area contributed by atoms with Gasteiger partial charge in [-0.3, -0.25) is 4.79 Å². The molecule has 0 aliphatic rings. The maximum atomic E-state index is 12.2. The topological polar surface area (TPSA) is 89.9 Å². The van der Waals surface area contributed by atoms with Gasteiger partial charge < -0.3 is 20.4 Å². The third-order valence-corrected chi connectivity index (χ3v) is 2.52. The summed E-state index contributed by atoms with van der Waals surface area (Å²) in [6.45, 7) is 0.0915. The van der Waals surface area contributed by atoms with Gasteiger partial charge in [-0.25, -0.2) is 4.79 Å². The molecule has 112 valence electrons. The van der Waals surface area contributed by atoms with E-state index in [1.54, 1.807) is 0 Å². The molecule has 0 heterocycles. The maximum Gasteiger partial charge on any atom is 0.406 e. The van der Waals surface area contributed by atoms with E-state index in [1.807, 2.05) is 0 Å².